The molecule has 2 aliphatic heterocycles. The van der Waals surface area contributed by atoms with E-state index in [9.17, 15) is 14.4 Å². The summed E-state index contributed by atoms with van der Waals surface area (Å²) in [5.41, 5.74) is 1.91. The summed E-state index contributed by atoms with van der Waals surface area (Å²) in [7, 11) is 0. The largest absolute Gasteiger partial charge is 0.457 e. The molecule has 0 unspecified atom stereocenters. The Morgan fingerprint density at radius 3 is 2.58 bits per heavy atom. The second kappa shape index (κ2) is 8.61. The molecule has 3 aliphatic rings. The fourth-order valence-electron chi connectivity index (χ4n) is 4.32. The predicted molar refractivity (Wildman–Crippen MR) is 121 cm³/mol. The topological polar surface area (TPSA) is 91.0 Å². The molecule has 0 bridgehead atoms. The van der Waals surface area contributed by atoms with Crippen LogP contribution in [-0.4, -0.2) is 53.3 Å². The maximum atomic E-state index is 13.4. The maximum Gasteiger partial charge on any atom is 0.322 e. The van der Waals surface area contributed by atoms with Crippen molar-refractivity contribution in [2.75, 3.05) is 19.6 Å². The van der Waals surface area contributed by atoms with E-state index in [0.29, 0.717) is 29.3 Å². The SMILES string of the molecule is CCN1C(=O)N[C@@H](c2cccc(Oc3ccccc3)c2)C2=C1CN(CC(=O)NC1CC1)C2=O. The van der Waals surface area contributed by atoms with Gasteiger partial charge in [0.15, 0.2) is 0 Å². The number of nitrogens with zero attached hydrogens (tertiary/aromatic N) is 2. The normalized spacial score (nSPS) is 20.0. The Hall–Kier alpha value is -3.81. The minimum absolute atomic E-state index is 0.0159. The molecule has 2 aromatic carbocycles. The maximum absolute atomic E-state index is 13.4. The molecule has 0 saturated heterocycles. The van der Waals surface area contributed by atoms with Crippen LogP contribution in [0.2, 0.25) is 0 Å². The quantitative estimate of drug-likeness (QED) is 0.684. The number of likely N-dealkylation sites (N-methyl/N-ethyl adjacent to an activating group) is 1. The molecule has 1 fully saturated rings. The second-order valence-corrected chi connectivity index (χ2v) is 8.48. The van der Waals surface area contributed by atoms with Gasteiger partial charge in [-0.3, -0.25) is 14.5 Å². The Balaban J connectivity index is 1.42. The molecule has 0 radical (unpaired) electrons. The standard InChI is InChI=1S/C25H26N4O4/c1-2-29-20-14-28(15-21(30)26-17-11-12-17)24(31)22(20)23(27-25(29)32)16-7-6-10-19(13-16)33-18-8-4-3-5-9-18/h3-10,13,17,23H,2,11-12,14-15H2,1H3,(H,26,30)(H,27,32)/t23-/m0/s1. The van der Waals surface area contributed by atoms with Crippen LogP contribution in [0, 0.1) is 0 Å². The lowest BCUT2D eigenvalue weighted by Gasteiger charge is -2.33. The first kappa shape index (κ1) is 21.1. The van der Waals surface area contributed by atoms with Crippen LogP contribution in [0.5, 0.6) is 11.5 Å². The Kier molecular flexibility index (Phi) is 5.50. The number of nitrogens with one attached hydrogen (secondary N) is 2. The van der Waals surface area contributed by atoms with Gasteiger partial charge in [-0.25, -0.2) is 4.79 Å². The van der Waals surface area contributed by atoms with Crippen molar-refractivity contribution in [1.29, 1.82) is 0 Å². The van der Waals surface area contributed by atoms with Gasteiger partial charge < -0.3 is 20.3 Å². The molecule has 0 aromatic heterocycles. The Morgan fingerprint density at radius 1 is 1.09 bits per heavy atom. The van der Waals surface area contributed by atoms with E-state index in [1.165, 1.54) is 4.90 Å². The lowest BCUT2D eigenvalue weighted by molar-refractivity contribution is -0.132. The average molecular weight is 447 g/mol. The Bertz CT molecular complexity index is 1130. The second-order valence-electron chi connectivity index (χ2n) is 8.48. The fourth-order valence-corrected chi connectivity index (χ4v) is 4.32. The van der Waals surface area contributed by atoms with Crippen molar-refractivity contribution in [3.05, 3.63) is 71.4 Å². The highest BCUT2D eigenvalue weighted by atomic mass is 16.5. The van der Waals surface area contributed by atoms with E-state index in [1.807, 2.05) is 61.5 Å². The summed E-state index contributed by atoms with van der Waals surface area (Å²) in [6, 6.07) is 16.2. The van der Waals surface area contributed by atoms with Gasteiger partial charge >= 0.3 is 6.03 Å². The Morgan fingerprint density at radius 2 is 1.85 bits per heavy atom. The zero-order valence-electron chi connectivity index (χ0n) is 18.4. The van der Waals surface area contributed by atoms with E-state index >= 15 is 0 Å². The molecule has 5 rings (SSSR count). The molecule has 8 nitrogen and oxygen atoms in total. The first-order valence-corrected chi connectivity index (χ1v) is 11.3. The van der Waals surface area contributed by atoms with Crippen molar-refractivity contribution in [2.45, 2.75) is 31.8 Å². The number of hydrogen-bond acceptors (Lipinski definition) is 4. The summed E-state index contributed by atoms with van der Waals surface area (Å²) in [4.78, 5) is 41.7. The van der Waals surface area contributed by atoms with Gasteiger partial charge in [0, 0.05) is 12.6 Å². The van der Waals surface area contributed by atoms with Crippen LogP contribution in [0.1, 0.15) is 31.4 Å². The van der Waals surface area contributed by atoms with Crippen LogP contribution in [0.15, 0.2) is 65.9 Å². The molecule has 2 N–H and O–H groups in total. The van der Waals surface area contributed by atoms with Gasteiger partial charge in [0.05, 0.1) is 23.9 Å². The Labute approximate surface area is 192 Å². The van der Waals surface area contributed by atoms with Gasteiger partial charge in [0.1, 0.15) is 18.0 Å². The highest BCUT2D eigenvalue weighted by molar-refractivity contribution is 6.03. The fraction of sp³-hybridized carbons (Fsp3) is 0.320. The number of ether oxygens (including phenoxy) is 1. The van der Waals surface area contributed by atoms with Crippen LogP contribution < -0.4 is 15.4 Å². The molecule has 0 spiro atoms. The molecule has 2 heterocycles. The van der Waals surface area contributed by atoms with Crippen molar-refractivity contribution in [3.63, 3.8) is 0 Å². The lowest BCUT2D eigenvalue weighted by atomic mass is 9.95. The third kappa shape index (κ3) is 4.28. The van der Waals surface area contributed by atoms with E-state index in [0.717, 1.165) is 18.4 Å². The minimum atomic E-state index is -0.612. The molecule has 1 aliphatic carbocycles. The molecule has 170 valence electrons. The van der Waals surface area contributed by atoms with Crippen LogP contribution in [0.25, 0.3) is 0 Å². The van der Waals surface area contributed by atoms with Gasteiger partial charge in [-0.1, -0.05) is 30.3 Å². The average Bonchev–Trinajstić information content (AvgIpc) is 3.57. The highest BCUT2D eigenvalue weighted by Crippen LogP contribution is 2.37. The van der Waals surface area contributed by atoms with Gasteiger partial charge in [-0.2, -0.15) is 0 Å². The molecule has 2 aromatic rings. The van der Waals surface area contributed by atoms with Gasteiger partial charge in [-0.15, -0.1) is 0 Å². The summed E-state index contributed by atoms with van der Waals surface area (Å²) in [6.07, 6.45) is 1.97. The number of benzene rings is 2. The van der Waals surface area contributed by atoms with Gasteiger partial charge in [0.2, 0.25) is 5.91 Å². The number of hydrogen-bond donors (Lipinski definition) is 2. The molecule has 8 heteroatoms. The van der Waals surface area contributed by atoms with E-state index in [2.05, 4.69) is 10.6 Å². The predicted octanol–water partition coefficient (Wildman–Crippen LogP) is 2.94. The molecule has 1 atom stereocenters. The van der Waals surface area contributed by atoms with Crippen molar-refractivity contribution < 1.29 is 19.1 Å². The lowest BCUT2D eigenvalue weighted by Crippen LogP contribution is -2.47. The zero-order chi connectivity index (χ0) is 22.9. The van der Waals surface area contributed by atoms with E-state index in [-0.39, 0.29) is 37.0 Å². The molecule has 1 saturated carbocycles. The summed E-state index contributed by atoms with van der Waals surface area (Å²) in [6.45, 7) is 2.53. The first-order chi connectivity index (χ1) is 16.0. The van der Waals surface area contributed by atoms with Crippen molar-refractivity contribution in [1.82, 2.24) is 20.4 Å². The first-order valence-electron chi connectivity index (χ1n) is 11.3. The van der Waals surface area contributed by atoms with E-state index in [4.69, 9.17) is 4.74 Å². The zero-order valence-corrected chi connectivity index (χ0v) is 18.4. The van der Waals surface area contributed by atoms with E-state index < -0.39 is 6.04 Å². The number of carbonyl (C=O) groups is 3. The van der Waals surface area contributed by atoms with Crippen LogP contribution in [0.3, 0.4) is 0 Å². The van der Waals surface area contributed by atoms with Gasteiger partial charge in [-0.05, 0) is 49.6 Å². The van der Waals surface area contributed by atoms with Crippen molar-refractivity contribution in [3.8, 4) is 11.5 Å². The van der Waals surface area contributed by atoms with Crippen LogP contribution >= 0.6 is 0 Å². The monoisotopic (exact) mass is 446 g/mol. The number of rotatable bonds is 7. The van der Waals surface area contributed by atoms with Crippen LogP contribution in [0.4, 0.5) is 4.79 Å². The number of carbonyl (C=O) groups excluding carboxylic acids is 3. The van der Waals surface area contributed by atoms with Crippen molar-refractivity contribution >= 4 is 17.8 Å². The third-order valence-electron chi connectivity index (χ3n) is 6.06. The van der Waals surface area contributed by atoms with Crippen molar-refractivity contribution in [2.24, 2.45) is 0 Å². The summed E-state index contributed by atoms with van der Waals surface area (Å²) in [5, 5.41) is 5.89. The molecular weight excluding hydrogens is 420 g/mol. The molecule has 4 amide bonds. The van der Waals surface area contributed by atoms with Gasteiger partial charge in [0.25, 0.3) is 5.91 Å². The molecule has 33 heavy (non-hydrogen) atoms. The number of amides is 4. The molecular formula is C25H26N4O4. The summed E-state index contributed by atoms with van der Waals surface area (Å²) < 4.78 is 5.95. The smallest absolute Gasteiger partial charge is 0.322 e. The minimum Gasteiger partial charge on any atom is -0.457 e. The summed E-state index contributed by atoms with van der Waals surface area (Å²) >= 11 is 0. The van der Waals surface area contributed by atoms with E-state index in [1.54, 1.807) is 4.90 Å². The summed E-state index contributed by atoms with van der Waals surface area (Å²) in [5.74, 6) is 0.917. The highest BCUT2D eigenvalue weighted by Gasteiger charge is 2.44. The van der Waals surface area contributed by atoms with Crippen LogP contribution in [-0.2, 0) is 9.59 Å². The third-order valence-corrected chi connectivity index (χ3v) is 6.06. The number of para-hydroxylation sites is 1. The number of urea groups is 1.